The Hall–Kier alpha value is -0.900. The third-order valence-electron chi connectivity index (χ3n) is 3.03. The van der Waals surface area contributed by atoms with Crippen molar-refractivity contribution in [2.24, 2.45) is 11.7 Å². The van der Waals surface area contributed by atoms with E-state index in [1.54, 1.807) is 7.05 Å². The van der Waals surface area contributed by atoms with Crippen molar-refractivity contribution in [3.63, 3.8) is 0 Å². The Labute approximate surface area is 105 Å². The molecule has 0 heterocycles. The summed E-state index contributed by atoms with van der Waals surface area (Å²) >= 11 is 0. The average molecular weight is 242 g/mol. The van der Waals surface area contributed by atoms with Gasteiger partial charge in [-0.2, -0.15) is 0 Å². The van der Waals surface area contributed by atoms with Crippen molar-refractivity contribution in [3.05, 3.63) is 0 Å². The van der Waals surface area contributed by atoms with Gasteiger partial charge in [0.15, 0.2) is 5.78 Å². The second-order valence-corrected chi connectivity index (χ2v) is 4.50. The summed E-state index contributed by atoms with van der Waals surface area (Å²) in [5.41, 5.74) is 5.32. The van der Waals surface area contributed by atoms with Crippen molar-refractivity contribution >= 4 is 11.7 Å². The summed E-state index contributed by atoms with van der Waals surface area (Å²) in [5.74, 6) is 0.225. The number of unbranched alkanes of at least 4 members (excludes halogenated alkanes) is 1. The Morgan fingerprint density at radius 3 is 2.41 bits per heavy atom. The molecule has 0 fully saturated rings. The molecule has 0 aromatic heterocycles. The zero-order chi connectivity index (χ0) is 13.3. The molecule has 0 saturated heterocycles. The number of ketones is 1. The lowest BCUT2D eigenvalue weighted by Crippen LogP contribution is -2.35. The molecule has 0 aliphatic heterocycles. The summed E-state index contributed by atoms with van der Waals surface area (Å²) < 4.78 is 0. The van der Waals surface area contributed by atoms with E-state index in [-0.39, 0.29) is 24.2 Å². The van der Waals surface area contributed by atoms with E-state index in [1.807, 2.05) is 6.92 Å². The van der Waals surface area contributed by atoms with Crippen LogP contribution < -0.4 is 5.73 Å². The highest BCUT2D eigenvalue weighted by atomic mass is 16.2. The van der Waals surface area contributed by atoms with E-state index < -0.39 is 0 Å². The molecule has 0 aliphatic carbocycles. The van der Waals surface area contributed by atoms with Crippen LogP contribution in [-0.4, -0.2) is 36.7 Å². The van der Waals surface area contributed by atoms with Crippen LogP contribution in [0.4, 0.5) is 0 Å². The zero-order valence-corrected chi connectivity index (χ0v) is 11.4. The molecule has 0 aromatic carbocycles. The van der Waals surface area contributed by atoms with Crippen LogP contribution in [0.25, 0.3) is 0 Å². The third kappa shape index (κ3) is 6.41. The van der Waals surface area contributed by atoms with Gasteiger partial charge in [-0.3, -0.25) is 9.59 Å². The SMILES string of the molecule is CCCCC(CC)C(=O)CN(C)C(=O)CCN. The van der Waals surface area contributed by atoms with Crippen molar-refractivity contribution in [2.75, 3.05) is 20.1 Å². The number of hydrogen-bond donors (Lipinski definition) is 1. The quantitative estimate of drug-likeness (QED) is 0.667. The molecular formula is C13H26N2O2. The molecule has 0 saturated carbocycles. The first kappa shape index (κ1) is 16.1. The highest BCUT2D eigenvalue weighted by Crippen LogP contribution is 2.14. The summed E-state index contributed by atoms with van der Waals surface area (Å²) in [6.07, 6.45) is 4.29. The molecule has 0 spiro atoms. The number of nitrogens with zero attached hydrogens (tertiary/aromatic N) is 1. The lowest BCUT2D eigenvalue weighted by molar-refractivity contribution is -0.135. The predicted octanol–water partition coefficient (Wildman–Crippen LogP) is 1.58. The number of nitrogens with two attached hydrogens (primary N) is 1. The molecule has 0 aliphatic rings. The molecule has 2 N–H and O–H groups in total. The van der Waals surface area contributed by atoms with Crippen molar-refractivity contribution < 1.29 is 9.59 Å². The number of likely N-dealkylation sites (N-methyl/N-ethyl adjacent to an activating group) is 1. The molecule has 1 amide bonds. The maximum atomic E-state index is 12.0. The molecule has 4 nitrogen and oxygen atoms in total. The Kier molecular flexibility index (Phi) is 8.68. The van der Waals surface area contributed by atoms with Crippen LogP contribution in [0.1, 0.15) is 46.0 Å². The van der Waals surface area contributed by atoms with E-state index in [1.165, 1.54) is 4.90 Å². The topological polar surface area (TPSA) is 63.4 Å². The van der Waals surface area contributed by atoms with Crippen LogP contribution in [0.3, 0.4) is 0 Å². The van der Waals surface area contributed by atoms with Gasteiger partial charge in [0, 0.05) is 25.9 Å². The normalized spacial score (nSPS) is 12.2. The largest absolute Gasteiger partial charge is 0.338 e. The molecule has 0 aromatic rings. The van der Waals surface area contributed by atoms with Crippen LogP contribution in [0.15, 0.2) is 0 Å². The minimum absolute atomic E-state index is 0.0498. The summed E-state index contributed by atoms with van der Waals surface area (Å²) in [6.45, 7) is 4.71. The minimum atomic E-state index is -0.0498. The van der Waals surface area contributed by atoms with E-state index in [9.17, 15) is 9.59 Å². The zero-order valence-electron chi connectivity index (χ0n) is 11.4. The molecule has 0 bridgehead atoms. The van der Waals surface area contributed by atoms with Gasteiger partial charge in [0.1, 0.15) is 0 Å². The lowest BCUT2D eigenvalue weighted by Gasteiger charge is -2.20. The van der Waals surface area contributed by atoms with E-state index in [2.05, 4.69) is 6.92 Å². The van der Waals surface area contributed by atoms with Crippen molar-refractivity contribution in [1.29, 1.82) is 0 Å². The molecule has 17 heavy (non-hydrogen) atoms. The standard InChI is InChI=1S/C13H26N2O2/c1-4-6-7-11(5-2)12(16)10-15(3)13(17)8-9-14/h11H,4-10,14H2,1-3H3. The van der Waals surface area contributed by atoms with Crippen LogP contribution in [0.2, 0.25) is 0 Å². The highest BCUT2D eigenvalue weighted by Gasteiger charge is 2.19. The highest BCUT2D eigenvalue weighted by molar-refractivity contribution is 5.87. The van der Waals surface area contributed by atoms with Crippen LogP contribution in [0, 0.1) is 5.92 Å². The molecule has 0 radical (unpaired) electrons. The fraction of sp³-hybridized carbons (Fsp3) is 0.846. The number of amides is 1. The van der Waals surface area contributed by atoms with Crippen molar-refractivity contribution in [2.45, 2.75) is 46.0 Å². The number of Topliss-reactive ketones (excluding diaryl/α,β-unsaturated/α-hetero) is 1. The van der Waals surface area contributed by atoms with Gasteiger partial charge in [-0.15, -0.1) is 0 Å². The predicted molar refractivity (Wildman–Crippen MR) is 69.6 cm³/mol. The fourth-order valence-electron chi connectivity index (χ4n) is 1.81. The molecular weight excluding hydrogens is 216 g/mol. The van der Waals surface area contributed by atoms with Gasteiger partial charge in [0.05, 0.1) is 6.54 Å². The Balaban J connectivity index is 4.15. The lowest BCUT2D eigenvalue weighted by atomic mass is 9.94. The first-order chi connectivity index (χ1) is 8.06. The Bertz CT molecular complexity index is 242. The Morgan fingerprint density at radius 1 is 1.29 bits per heavy atom. The second kappa shape index (κ2) is 9.16. The minimum Gasteiger partial charge on any atom is -0.338 e. The number of hydrogen-bond acceptors (Lipinski definition) is 3. The maximum absolute atomic E-state index is 12.0. The van der Waals surface area contributed by atoms with Gasteiger partial charge in [-0.05, 0) is 12.8 Å². The van der Waals surface area contributed by atoms with Gasteiger partial charge in [0.2, 0.25) is 5.91 Å². The maximum Gasteiger partial charge on any atom is 0.223 e. The van der Waals surface area contributed by atoms with E-state index in [4.69, 9.17) is 5.73 Å². The molecule has 0 rings (SSSR count). The van der Waals surface area contributed by atoms with Crippen LogP contribution in [0.5, 0.6) is 0 Å². The second-order valence-electron chi connectivity index (χ2n) is 4.50. The molecule has 1 atom stereocenters. The molecule has 4 heteroatoms. The van der Waals surface area contributed by atoms with E-state index >= 15 is 0 Å². The smallest absolute Gasteiger partial charge is 0.223 e. The average Bonchev–Trinajstić information content (AvgIpc) is 2.30. The van der Waals surface area contributed by atoms with Crippen LogP contribution in [-0.2, 0) is 9.59 Å². The monoisotopic (exact) mass is 242 g/mol. The van der Waals surface area contributed by atoms with Crippen molar-refractivity contribution in [1.82, 2.24) is 4.90 Å². The van der Waals surface area contributed by atoms with Crippen LogP contribution >= 0.6 is 0 Å². The van der Waals surface area contributed by atoms with E-state index in [0.29, 0.717) is 13.0 Å². The van der Waals surface area contributed by atoms with Gasteiger partial charge in [-0.25, -0.2) is 0 Å². The summed E-state index contributed by atoms with van der Waals surface area (Å²) in [7, 11) is 1.67. The number of carbonyl (C=O) groups is 2. The summed E-state index contributed by atoms with van der Waals surface area (Å²) in [4.78, 5) is 25.0. The van der Waals surface area contributed by atoms with Gasteiger partial charge in [-0.1, -0.05) is 26.7 Å². The summed E-state index contributed by atoms with van der Waals surface area (Å²) in [5, 5.41) is 0. The molecule has 1 unspecified atom stereocenters. The third-order valence-corrected chi connectivity index (χ3v) is 3.03. The first-order valence-electron chi connectivity index (χ1n) is 6.53. The molecule has 100 valence electrons. The number of rotatable bonds is 9. The van der Waals surface area contributed by atoms with Gasteiger partial charge < -0.3 is 10.6 Å². The fourth-order valence-corrected chi connectivity index (χ4v) is 1.81. The van der Waals surface area contributed by atoms with Crippen molar-refractivity contribution in [3.8, 4) is 0 Å². The van der Waals surface area contributed by atoms with E-state index in [0.717, 1.165) is 25.7 Å². The first-order valence-corrected chi connectivity index (χ1v) is 6.53. The summed E-state index contributed by atoms with van der Waals surface area (Å²) in [6, 6.07) is 0. The van der Waals surface area contributed by atoms with Gasteiger partial charge in [0.25, 0.3) is 0 Å². The Morgan fingerprint density at radius 2 is 1.94 bits per heavy atom. The van der Waals surface area contributed by atoms with Gasteiger partial charge >= 0.3 is 0 Å². The number of carbonyl (C=O) groups excluding carboxylic acids is 2.